The van der Waals surface area contributed by atoms with E-state index in [0.29, 0.717) is 18.7 Å². The van der Waals surface area contributed by atoms with Crippen molar-refractivity contribution < 1.29 is 14.7 Å². The molecule has 0 aliphatic carbocycles. The Labute approximate surface area is 125 Å². The summed E-state index contributed by atoms with van der Waals surface area (Å²) in [6.45, 7) is 2.42. The minimum atomic E-state index is -1.06. The van der Waals surface area contributed by atoms with Gasteiger partial charge in [-0.2, -0.15) is 0 Å². The summed E-state index contributed by atoms with van der Waals surface area (Å²) in [6, 6.07) is 4.88. The molecule has 1 aromatic rings. The van der Waals surface area contributed by atoms with Crippen molar-refractivity contribution in [2.24, 2.45) is 11.7 Å². The number of anilines is 1. The number of carboxylic acid groups (broad SMARTS) is 1. The van der Waals surface area contributed by atoms with E-state index in [9.17, 15) is 9.59 Å². The van der Waals surface area contributed by atoms with Crippen LogP contribution in [0.5, 0.6) is 0 Å². The Balaban J connectivity index is 2.82. The lowest BCUT2D eigenvalue weighted by Gasteiger charge is -2.13. The van der Waals surface area contributed by atoms with Crippen molar-refractivity contribution in [2.45, 2.75) is 19.8 Å². The highest BCUT2D eigenvalue weighted by Crippen LogP contribution is 2.20. The van der Waals surface area contributed by atoms with Gasteiger partial charge in [0.15, 0.2) is 0 Å². The van der Waals surface area contributed by atoms with E-state index in [1.807, 2.05) is 29.5 Å². The zero-order valence-corrected chi connectivity index (χ0v) is 12.8. The Morgan fingerprint density at radius 2 is 2.16 bits per heavy atom. The molecule has 6 heteroatoms. The summed E-state index contributed by atoms with van der Waals surface area (Å²) in [5.41, 5.74) is 5.97. The first-order valence-corrected chi connectivity index (χ1v) is 7.08. The quantitative estimate of drug-likeness (QED) is 0.665. The van der Waals surface area contributed by atoms with E-state index in [1.165, 1.54) is 6.07 Å². The maximum absolute atomic E-state index is 11.8. The van der Waals surface area contributed by atoms with Gasteiger partial charge in [0.2, 0.25) is 5.91 Å². The van der Waals surface area contributed by atoms with Gasteiger partial charge in [0.1, 0.15) is 0 Å². The minimum Gasteiger partial charge on any atom is -0.478 e. The van der Waals surface area contributed by atoms with Gasteiger partial charge >= 0.3 is 5.97 Å². The average molecular weight is 376 g/mol. The first kappa shape index (κ1) is 15.9. The maximum Gasteiger partial charge on any atom is 0.337 e. The monoisotopic (exact) mass is 376 g/mol. The summed E-state index contributed by atoms with van der Waals surface area (Å²) in [6.07, 6.45) is 1.13. The molecule has 0 fully saturated rings. The number of hydrogen-bond donors (Lipinski definition) is 3. The number of hydrogen-bond acceptors (Lipinski definition) is 3. The fraction of sp³-hybridized carbons (Fsp3) is 0.385. The lowest BCUT2D eigenvalue weighted by atomic mass is 10.0. The predicted molar refractivity (Wildman–Crippen MR) is 82.2 cm³/mol. The van der Waals surface area contributed by atoms with Gasteiger partial charge in [0, 0.05) is 9.99 Å². The number of nitrogens with two attached hydrogens (primary N) is 1. The summed E-state index contributed by atoms with van der Waals surface area (Å²) in [4.78, 5) is 23.0. The number of halogens is 1. The van der Waals surface area contributed by atoms with Crippen molar-refractivity contribution >= 4 is 40.2 Å². The Morgan fingerprint density at radius 3 is 2.68 bits per heavy atom. The molecule has 104 valence electrons. The van der Waals surface area contributed by atoms with Crippen LogP contribution in [0.25, 0.3) is 0 Å². The highest BCUT2D eigenvalue weighted by molar-refractivity contribution is 14.1. The van der Waals surface area contributed by atoms with E-state index < -0.39 is 5.97 Å². The minimum absolute atomic E-state index is 0.0982. The predicted octanol–water partition coefficient (Wildman–Crippen LogP) is 2.30. The molecule has 1 amide bonds. The molecule has 4 N–H and O–H groups in total. The van der Waals surface area contributed by atoms with Gasteiger partial charge in [0.05, 0.1) is 11.3 Å². The number of rotatable bonds is 6. The molecule has 1 unspecified atom stereocenters. The first-order chi connectivity index (χ1) is 8.97. The molecule has 0 saturated heterocycles. The third kappa shape index (κ3) is 4.79. The van der Waals surface area contributed by atoms with Crippen LogP contribution in [0.4, 0.5) is 5.69 Å². The van der Waals surface area contributed by atoms with Crippen LogP contribution in [-0.2, 0) is 4.79 Å². The molecule has 1 rings (SSSR count). The van der Waals surface area contributed by atoms with E-state index >= 15 is 0 Å². The molecular formula is C13H17IN2O3. The molecule has 0 heterocycles. The molecular weight excluding hydrogens is 359 g/mol. The number of nitrogens with one attached hydrogen (secondary N) is 1. The number of aromatic carboxylic acids is 1. The second-order valence-electron chi connectivity index (χ2n) is 4.26. The summed E-state index contributed by atoms with van der Waals surface area (Å²) >= 11 is 2.03. The van der Waals surface area contributed by atoms with Gasteiger partial charge in [-0.05, 0) is 53.3 Å². The molecule has 0 aromatic heterocycles. The van der Waals surface area contributed by atoms with E-state index in [0.717, 1.165) is 9.99 Å². The smallest absolute Gasteiger partial charge is 0.337 e. The number of amides is 1. The Morgan fingerprint density at radius 1 is 1.47 bits per heavy atom. The highest BCUT2D eigenvalue weighted by Gasteiger charge is 2.15. The second kappa shape index (κ2) is 7.44. The number of carbonyl (C=O) groups is 2. The molecule has 0 spiro atoms. The molecule has 0 bridgehead atoms. The standard InChI is InChI=1S/C13H17IN2O3/c1-2-8(7-15)5-12(17)16-11-4-3-9(14)6-10(11)13(18)19/h3-4,6,8H,2,5,7,15H2,1H3,(H,16,17)(H,18,19). The molecule has 0 radical (unpaired) electrons. The van der Waals surface area contributed by atoms with Gasteiger partial charge in [-0.1, -0.05) is 13.3 Å². The van der Waals surface area contributed by atoms with Crippen LogP contribution in [0.2, 0.25) is 0 Å². The van der Waals surface area contributed by atoms with Crippen molar-refractivity contribution in [3.05, 3.63) is 27.3 Å². The van der Waals surface area contributed by atoms with Crippen molar-refractivity contribution in [1.82, 2.24) is 0 Å². The van der Waals surface area contributed by atoms with Gasteiger partial charge < -0.3 is 16.2 Å². The van der Waals surface area contributed by atoms with Crippen molar-refractivity contribution in [2.75, 3.05) is 11.9 Å². The summed E-state index contributed by atoms with van der Waals surface area (Å²) in [5, 5.41) is 11.7. The number of carboxylic acids is 1. The SMILES string of the molecule is CCC(CN)CC(=O)Nc1ccc(I)cc1C(=O)O. The largest absolute Gasteiger partial charge is 0.478 e. The van der Waals surface area contributed by atoms with Crippen molar-refractivity contribution in [3.63, 3.8) is 0 Å². The van der Waals surface area contributed by atoms with Crippen LogP contribution in [0, 0.1) is 9.49 Å². The number of benzene rings is 1. The summed E-state index contributed by atoms with van der Waals surface area (Å²) in [5.74, 6) is -1.14. The van der Waals surface area contributed by atoms with E-state index in [4.69, 9.17) is 10.8 Å². The Hall–Kier alpha value is -1.15. The zero-order chi connectivity index (χ0) is 14.4. The van der Waals surface area contributed by atoms with Crippen LogP contribution in [-0.4, -0.2) is 23.5 Å². The molecule has 1 aromatic carbocycles. The molecule has 0 aliphatic rings. The fourth-order valence-electron chi connectivity index (χ4n) is 1.66. The Bertz CT molecular complexity index is 473. The zero-order valence-electron chi connectivity index (χ0n) is 10.6. The highest BCUT2D eigenvalue weighted by atomic mass is 127. The van der Waals surface area contributed by atoms with Crippen LogP contribution in [0.1, 0.15) is 30.1 Å². The van der Waals surface area contributed by atoms with Crippen LogP contribution < -0.4 is 11.1 Å². The summed E-state index contributed by atoms with van der Waals surface area (Å²) in [7, 11) is 0. The number of carbonyl (C=O) groups excluding carboxylic acids is 1. The molecule has 19 heavy (non-hydrogen) atoms. The van der Waals surface area contributed by atoms with E-state index in [1.54, 1.807) is 12.1 Å². The van der Waals surface area contributed by atoms with Crippen molar-refractivity contribution in [3.8, 4) is 0 Å². The molecule has 0 saturated carbocycles. The third-order valence-corrected chi connectivity index (χ3v) is 3.54. The molecule has 1 atom stereocenters. The first-order valence-electron chi connectivity index (χ1n) is 6.00. The molecule has 5 nitrogen and oxygen atoms in total. The maximum atomic E-state index is 11.8. The van der Waals surface area contributed by atoms with Crippen LogP contribution in [0.3, 0.4) is 0 Å². The van der Waals surface area contributed by atoms with Crippen molar-refractivity contribution in [1.29, 1.82) is 0 Å². The average Bonchev–Trinajstić information content (AvgIpc) is 2.37. The second-order valence-corrected chi connectivity index (χ2v) is 5.50. The summed E-state index contributed by atoms with van der Waals surface area (Å²) < 4.78 is 0.807. The van der Waals surface area contributed by atoms with Crippen LogP contribution in [0.15, 0.2) is 18.2 Å². The van der Waals surface area contributed by atoms with Gasteiger partial charge in [-0.15, -0.1) is 0 Å². The topological polar surface area (TPSA) is 92.4 Å². The Kier molecular flexibility index (Phi) is 6.23. The van der Waals surface area contributed by atoms with E-state index in [-0.39, 0.29) is 17.4 Å². The van der Waals surface area contributed by atoms with E-state index in [2.05, 4.69) is 5.32 Å². The van der Waals surface area contributed by atoms with Gasteiger partial charge in [0.25, 0.3) is 0 Å². The fourth-order valence-corrected chi connectivity index (χ4v) is 2.15. The molecule has 0 aliphatic heterocycles. The van der Waals surface area contributed by atoms with Gasteiger partial charge in [-0.3, -0.25) is 4.79 Å². The van der Waals surface area contributed by atoms with Gasteiger partial charge in [-0.25, -0.2) is 4.79 Å². The normalized spacial score (nSPS) is 11.9. The van der Waals surface area contributed by atoms with Crippen LogP contribution >= 0.6 is 22.6 Å². The third-order valence-electron chi connectivity index (χ3n) is 2.87. The lowest BCUT2D eigenvalue weighted by Crippen LogP contribution is -2.22. The lowest BCUT2D eigenvalue weighted by molar-refractivity contribution is -0.117.